The summed E-state index contributed by atoms with van der Waals surface area (Å²) in [6.07, 6.45) is -7.03. The minimum Gasteiger partial charge on any atom is -0.299 e. The van der Waals surface area contributed by atoms with Gasteiger partial charge in [0, 0.05) is 18.7 Å². The van der Waals surface area contributed by atoms with Crippen LogP contribution >= 0.6 is 0 Å². The van der Waals surface area contributed by atoms with Crippen molar-refractivity contribution in [1.82, 2.24) is 4.90 Å². The lowest BCUT2D eigenvalue weighted by Crippen LogP contribution is -2.31. The summed E-state index contributed by atoms with van der Waals surface area (Å²) in [6.45, 7) is -10.5. The Morgan fingerprint density at radius 1 is 2.00 bits per heavy atom. The zero-order valence-electron chi connectivity index (χ0n) is 14.9. The Morgan fingerprint density at radius 2 is 2.88 bits per heavy atom. The van der Waals surface area contributed by atoms with Crippen LogP contribution in [0.2, 0.25) is 0 Å². The van der Waals surface area contributed by atoms with Crippen LogP contribution in [0.1, 0.15) is 27.8 Å². The molecule has 1 fully saturated rings. The monoisotopic (exact) mass is 124 g/mol. The molecule has 1 heterocycles. The summed E-state index contributed by atoms with van der Waals surface area (Å²) in [5.74, 6) is -1.96. The number of Topliss-reactive ketones (excluding diaryl/α,β-unsaturated/α-hetero) is 1. The summed E-state index contributed by atoms with van der Waals surface area (Å²) in [5.41, 5.74) is 0. The van der Waals surface area contributed by atoms with Gasteiger partial charge in [0.15, 0.2) is 0 Å². The molecule has 0 radical (unpaired) electrons. The van der Waals surface area contributed by atoms with Gasteiger partial charge in [0.1, 0.15) is 5.78 Å². The van der Waals surface area contributed by atoms with Gasteiger partial charge >= 0.3 is 0 Å². The van der Waals surface area contributed by atoms with E-state index in [2.05, 4.69) is 0 Å². The van der Waals surface area contributed by atoms with E-state index in [1.54, 1.807) is 0 Å². The molecule has 0 saturated carbocycles. The fraction of sp³-hybridized carbons (Fsp3) is 0.833. The summed E-state index contributed by atoms with van der Waals surface area (Å²) in [4.78, 5) is 11.1. The molecule has 0 aromatic heterocycles. The zero-order chi connectivity index (χ0) is 15.7. The number of carbonyl (C=O) groups excluding carboxylic acids is 1. The fourth-order valence-electron chi connectivity index (χ4n) is 0.298. The number of ketones is 1. The van der Waals surface area contributed by atoms with E-state index in [1.807, 2.05) is 0 Å². The highest BCUT2D eigenvalue weighted by atomic mass is 16.1. The molecule has 0 atom stereocenters. The Bertz CT molecular complexity index is 410. The topological polar surface area (TPSA) is 20.3 Å². The van der Waals surface area contributed by atoms with Crippen LogP contribution in [0.25, 0.3) is 0 Å². The molecule has 0 bridgehead atoms. The van der Waals surface area contributed by atoms with Crippen LogP contribution in [-0.4, -0.2) is 30.7 Å². The van der Waals surface area contributed by atoms with Gasteiger partial charge < -0.3 is 0 Å². The van der Waals surface area contributed by atoms with Gasteiger partial charge in [-0.15, -0.1) is 0 Å². The van der Waals surface area contributed by atoms with Crippen molar-refractivity contribution in [3.05, 3.63) is 0 Å². The molecule has 2 nitrogen and oxygen atoms in total. The smallest absolute Gasteiger partial charge is 0.146 e. The number of likely N-dealkylation sites (tertiary alicyclic amines) is 1. The summed E-state index contributed by atoms with van der Waals surface area (Å²) in [5, 5.41) is 0. The van der Waals surface area contributed by atoms with Gasteiger partial charge in [-0.25, -0.2) is 0 Å². The quantitative estimate of drug-likeness (QED) is 0.462. The molecule has 1 aliphatic heterocycles. The molecule has 0 N–H and O–H groups in total. The second-order valence-corrected chi connectivity index (χ2v) is 1.14. The highest BCUT2D eigenvalue weighted by molar-refractivity contribution is 5.80. The first-order valence-electron chi connectivity index (χ1n) is 7.37. The summed E-state index contributed by atoms with van der Waals surface area (Å²) < 4.78 is 80.2. The van der Waals surface area contributed by atoms with Crippen LogP contribution in [0.3, 0.4) is 0 Å². The van der Waals surface area contributed by atoms with E-state index < -0.39 is 43.4 Å². The van der Waals surface area contributed by atoms with E-state index in [-0.39, 0.29) is 0 Å². The maximum absolute atomic E-state index is 11.7. The fourth-order valence-corrected chi connectivity index (χ4v) is 0.298. The van der Waals surface area contributed by atoms with Crippen LogP contribution in [0.4, 0.5) is 0 Å². The lowest BCUT2D eigenvalue weighted by atomic mass is 10.1. The number of rotatable bonds is 0. The van der Waals surface area contributed by atoms with E-state index in [0.29, 0.717) is 0 Å². The predicted molar refractivity (Wildman–Crippen MR) is 31.7 cm³/mol. The van der Waals surface area contributed by atoms with Crippen molar-refractivity contribution in [3.8, 4) is 0 Å². The summed E-state index contributed by atoms with van der Waals surface area (Å²) >= 11 is 0. The van der Waals surface area contributed by atoms with Crippen molar-refractivity contribution >= 4 is 5.78 Å². The minimum absolute atomic E-state index is 0.531. The van der Waals surface area contributed by atoms with Crippen molar-refractivity contribution in [3.63, 3.8) is 0 Å². The molecule has 0 spiro atoms. The number of hydrogen-bond acceptors (Lipinski definition) is 2. The number of hydrogen-bond donors (Lipinski definition) is 0. The molecule has 0 aromatic carbocycles. The number of likely N-dealkylation sites (N-methyl/N-ethyl adjacent to an activating group) is 1. The third kappa shape index (κ3) is 1.30. The van der Waals surface area contributed by atoms with E-state index in [9.17, 15) is 4.79 Å². The average molecular weight is 124 g/mol. The van der Waals surface area contributed by atoms with Crippen molar-refractivity contribution in [1.29, 1.82) is 0 Å². The predicted octanol–water partition coefficient (Wildman–Crippen LogP) is 0.281. The van der Waals surface area contributed by atoms with Crippen LogP contribution < -0.4 is 0 Å². The lowest BCUT2D eigenvalue weighted by molar-refractivity contribution is -0.121. The van der Waals surface area contributed by atoms with Gasteiger partial charge in [0.25, 0.3) is 0 Å². The van der Waals surface area contributed by atoms with Gasteiger partial charge in [-0.2, -0.15) is 0 Å². The Morgan fingerprint density at radius 3 is 3.62 bits per heavy atom. The molecule has 1 rings (SSSR count). The molecule has 8 heavy (non-hydrogen) atoms. The molecular weight excluding hydrogens is 102 g/mol. The van der Waals surface area contributed by atoms with Gasteiger partial charge in [0.05, 0.1) is 9.24 Å². The van der Waals surface area contributed by atoms with Crippen LogP contribution in [0, 0.1) is 0 Å². The van der Waals surface area contributed by atoms with Crippen molar-refractivity contribution in [2.75, 3.05) is 20.0 Å². The number of carbonyl (C=O) groups is 1. The molecular formula is C6H11NO. The van der Waals surface area contributed by atoms with Crippen LogP contribution in [-0.2, 0) is 4.79 Å². The van der Waals surface area contributed by atoms with Crippen molar-refractivity contribution in [2.45, 2.75) is 12.7 Å². The van der Waals surface area contributed by atoms with Gasteiger partial charge in [-0.1, -0.05) is 0 Å². The second-order valence-electron chi connectivity index (χ2n) is 1.14. The van der Waals surface area contributed by atoms with Crippen molar-refractivity contribution < 1.29 is 19.9 Å². The first-order valence-corrected chi connectivity index (χ1v) is 1.87. The standard InChI is InChI=1S/C6H11NO/c1-7-4-2-3-6(8)5-7/h2-5H2,1H3/i1D3,2D2,3D2,4D2,5D2. The van der Waals surface area contributed by atoms with Gasteiger partial charge in [-0.05, 0) is 19.8 Å². The van der Waals surface area contributed by atoms with E-state index >= 15 is 0 Å². The lowest BCUT2D eigenvalue weighted by Gasteiger charge is -2.19. The van der Waals surface area contributed by atoms with E-state index in [1.165, 1.54) is 0 Å². The maximum Gasteiger partial charge on any atom is 0.146 e. The SMILES string of the molecule is [2H]C([2H])([2H])N1C([2H])([2H])C(=O)C([2H])([2H])C([2H])([2H])C1([2H])[2H]. The van der Waals surface area contributed by atoms with Gasteiger partial charge in [0.2, 0.25) is 0 Å². The largest absolute Gasteiger partial charge is 0.299 e. The van der Waals surface area contributed by atoms with Crippen LogP contribution in [0.15, 0.2) is 0 Å². The summed E-state index contributed by atoms with van der Waals surface area (Å²) in [7, 11) is 0. The van der Waals surface area contributed by atoms with Crippen molar-refractivity contribution in [2.24, 2.45) is 0 Å². The van der Waals surface area contributed by atoms with Crippen LogP contribution in [0.5, 0.6) is 0 Å². The second kappa shape index (κ2) is 2.27. The third-order valence-corrected chi connectivity index (χ3v) is 0.557. The Hall–Kier alpha value is -0.370. The molecule has 0 unspecified atom stereocenters. The molecule has 1 aliphatic rings. The van der Waals surface area contributed by atoms with E-state index in [4.69, 9.17) is 15.1 Å². The maximum atomic E-state index is 11.7. The van der Waals surface area contributed by atoms with E-state index in [0.717, 1.165) is 0 Å². The molecule has 0 aliphatic carbocycles. The average Bonchev–Trinajstić information content (AvgIpc) is 2.10. The number of nitrogens with zero attached hydrogens (tertiary/aromatic N) is 1. The van der Waals surface area contributed by atoms with Gasteiger partial charge in [-0.3, -0.25) is 9.69 Å². The molecule has 1 saturated heterocycles. The molecule has 2 heteroatoms. The molecule has 0 amide bonds. The highest BCUT2D eigenvalue weighted by Gasteiger charge is 2.11. The highest BCUT2D eigenvalue weighted by Crippen LogP contribution is 2.01. The summed E-state index contributed by atoms with van der Waals surface area (Å²) in [6, 6.07) is 0. The third-order valence-electron chi connectivity index (χ3n) is 0.557. The Balaban J connectivity index is 3.64. The normalized spacial score (nSPS) is 71.0. The first kappa shape index (κ1) is 0.966. The Labute approximate surface area is 64.9 Å². The minimum atomic E-state index is -3.54. The molecule has 46 valence electrons. The molecule has 0 aromatic rings. The Kier molecular flexibility index (Phi) is 0.274. The zero-order valence-corrected chi connectivity index (χ0v) is 3.86. The number of piperidine rings is 1. The first-order chi connectivity index (χ1) is 8.02.